The second kappa shape index (κ2) is 34.4. The molecule has 3 fully saturated rings. The largest absolute Gasteiger partial charge is 0.479 e. The summed E-state index contributed by atoms with van der Waals surface area (Å²) >= 11 is 0. The van der Waals surface area contributed by atoms with Crippen LogP contribution < -0.4 is 0 Å². The SMILES string of the molecule is CCCCCC[C@H](CCC[C@H](O)CCCCCCCCCCCCC[C@@H](O)C(=O)O)O[C@H]1OC[C@H](O)[C@@H](O)[C@@H]1O[C@H]1OC[C@H](OC(C)=O)[C@@H](O)[C@@H]1O[C@H]1O[C@@H](CCOC(=O)CC(C)C)[C@H](O)[C@@H](O)[C@@H]1O. The fourth-order valence-electron chi connectivity index (χ4n) is 9.05. The lowest BCUT2D eigenvalue weighted by molar-refractivity contribution is -0.380. The number of rotatable bonds is 36. The molecule has 0 amide bonds. The summed E-state index contributed by atoms with van der Waals surface area (Å²) in [6.07, 6.45) is -3.31. The molecule has 20 heteroatoms. The number of aliphatic hydroxyl groups is 8. The summed E-state index contributed by atoms with van der Waals surface area (Å²) in [5, 5.41) is 95.2. The number of esters is 2. The standard InChI is InChI=1S/C50H90O20/c1-5-6-7-18-23-34(24-20-22-33(52)21-17-15-13-11-9-8-10-12-14-16-19-25-35(53)47(61)62)67-49-45(40(56)36(54)29-64-49)70-50-46(42(58)38(30-65-50)66-32(4)51)69-48-44(60)43(59)41(57)37(68-48)26-27-63-39(55)28-31(2)3/h31,33-38,40-46,48-50,52-54,56-60H,5-30H2,1-4H3,(H,61,62)/t33-,34-,35-,36+,37+,38+,40-,41+,42-,43-,44+,45+,46+,48-,49-,50-/m1/s1. The predicted octanol–water partition coefficient (Wildman–Crippen LogP) is 3.67. The third-order valence-corrected chi connectivity index (χ3v) is 13.2. The fourth-order valence-corrected chi connectivity index (χ4v) is 9.05. The Hall–Kier alpha value is -2.15. The lowest BCUT2D eigenvalue weighted by atomic mass is 9.96. The van der Waals surface area contributed by atoms with Crippen LogP contribution in [0.1, 0.15) is 175 Å². The average Bonchev–Trinajstić information content (AvgIpc) is 3.30. The van der Waals surface area contributed by atoms with Crippen LogP contribution in [0.15, 0.2) is 0 Å². The molecule has 0 aromatic carbocycles. The first kappa shape index (κ1) is 62.1. The summed E-state index contributed by atoms with van der Waals surface area (Å²) in [5.74, 6) is -2.32. The van der Waals surface area contributed by atoms with Crippen LogP contribution in [0.4, 0.5) is 0 Å². The number of aliphatic carboxylic acids is 1. The zero-order chi connectivity index (χ0) is 51.6. The van der Waals surface area contributed by atoms with Crippen molar-refractivity contribution < 1.29 is 98.2 Å². The molecule has 3 saturated heterocycles. The molecule has 0 unspecified atom stereocenters. The molecule has 0 radical (unpaired) electrons. The van der Waals surface area contributed by atoms with Crippen LogP contribution in [0.3, 0.4) is 0 Å². The van der Waals surface area contributed by atoms with Gasteiger partial charge in [-0.05, 0) is 44.4 Å². The van der Waals surface area contributed by atoms with E-state index in [1.165, 1.54) is 0 Å². The number of carbonyl (C=O) groups excluding carboxylic acids is 2. The van der Waals surface area contributed by atoms with Crippen LogP contribution in [0.25, 0.3) is 0 Å². The van der Waals surface area contributed by atoms with E-state index in [9.17, 15) is 55.2 Å². The molecule has 3 heterocycles. The maximum Gasteiger partial charge on any atom is 0.332 e. The summed E-state index contributed by atoms with van der Waals surface area (Å²) < 4.78 is 47.1. The van der Waals surface area contributed by atoms with E-state index in [1.807, 2.05) is 13.8 Å². The Morgan fingerprint density at radius 1 is 0.614 bits per heavy atom. The summed E-state index contributed by atoms with van der Waals surface area (Å²) in [4.78, 5) is 34.8. The first-order chi connectivity index (χ1) is 33.4. The van der Waals surface area contributed by atoms with Gasteiger partial charge in [0.1, 0.15) is 48.8 Å². The molecule has 0 aromatic heterocycles. The highest BCUT2D eigenvalue weighted by molar-refractivity contribution is 5.71. The zero-order valence-corrected chi connectivity index (χ0v) is 42.2. The zero-order valence-electron chi connectivity index (χ0n) is 42.2. The van der Waals surface area contributed by atoms with Gasteiger partial charge in [0.05, 0.1) is 38.1 Å². The molecule has 20 nitrogen and oxygen atoms in total. The minimum absolute atomic E-state index is 0.0501. The van der Waals surface area contributed by atoms with Gasteiger partial charge in [0.25, 0.3) is 0 Å². The van der Waals surface area contributed by atoms with Crippen LogP contribution >= 0.6 is 0 Å². The van der Waals surface area contributed by atoms with E-state index >= 15 is 0 Å². The molecule has 0 aromatic rings. The molecule has 3 aliphatic heterocycles. The van der Waals surface area contributed by atoms with Crippen LogP contribution in [0, 0.1) is 5.92 Å². The number of carboxylic acid groups (broad SMARTS) is 1. The van der Waals surface area contributed by atoms with Gasteiger partial charge in [-0.3, -0.25) is 9.59 Å². The van der Waals surface area contributed by atoms with E-state index in [2.05, 4.69) is 6.92 Å². The topological polar surface area (TPSA) is 307 Å². The molecular weight excluding hydrogens is 921 g/mol. The normalized spacial score (nSPS) is 30.7. The van der Waals surface area contributed by atoms with Crippen LogP contribution in [-0.4, -0.2) is 182 Å². The second-order valence-electron chi connectivity index (χ2n) is 19.9. The Bertz CT molecular complexity index is 1420. The molecular formula is C50H90O20. The number of hydrogen-bond donors (Lipinski definition) is 9. The van der Waals surface area contributed by atoms with Gasteiger partial charge in [0.15, 0.2) is 31.1 Å². The Balaban J connectivity index is 1.58. The second-order valence-corrected chi connectivity index (χ2v) is 19.9. The number of unbranched alkanes of at least 4 members (excludes halogenated alkanes) is 13. The van der Waals surface area contributed by atoms with Gasteiger partial charge >= 0.3 is 17.9 Å². The smallest absolute Gasteiger partial charge is 0.332 e. The van der Waals surface area contributed by atoms with Gasteiger partial charge in [-0.25, -0.2) is 4.79 Å². The van der Waals surface area contributed by atoms with Crippen molar-refractivity contribution in [2.75, 3.05) is 19.8 Å². The van der Waals surface area contributed by atoms with Crippen LogP contribution in [0.5, 0.6) is 0 Å². The molecule has 0 saturated carbocycles. The van der Waals surface area contributed by atoms with Crippen LogP contribution in [0.2, 0.25) is 0 Å². The van der Waals surface area contributed by atoms with Gasteiger partial charge in [-0.15, -0.1) is 0 Å². The summed E-state index contributed by atoms with van der Waals surface area (Å²) in [6.45, 7) is 6.11. The van der Waals surface area contributed by atoms with E-state index in [0.717, 1.165) is 103 Å². The van der Waals surface area contributed by atoms with Crippen molar-refractivity contribution >= 4 is 17.9 Å². The summed E-state index contributed by atoms with van der Waals surface area (Å²) in [5.41, 5.74) is 0. The van der Waals surface area contributed by atoms with Gasteiger partial charge in [0.2, 0.25) is 0 Å². The van der Waals surface area contributed by atoms with Crippen molar-refractivity contribution in [1.29, 1.82) is 0 Å². The van der Waals surface area contributed by atoms with Crippen molar-refractivity contribution in [3.8, 4) is 0 Å². The highest BCUT2D eigenvalue weighted by Crippen LogP contribution is 2.33. The van der Waals surface area contributed by atoms with E-state index in [-0.39, 0.29) is 44.7 Å². The third kappa shape index (κ3) is 22.9. The van der Waals surface area contributed by atoms with Crippen molar-refractivity contribution in [2.45, 2.75) is 274 Å². The van der Waals surface area contributed by atoms with Gasteiger partial charge in [-0.1, -0.05) is 117 Å². The quantitative estimate of drug-likeness (QED) is 0.0319. The number of carboxylic acids is 1. The number of carbonyl (C=O) groups is 3. The molecule has 0 spiro atoms. The van der Waals surface area contributed by atoms with Crippen molar-refractivity contribution in [1.82, 2.24) is 0 Å². The third-order valence-electron chi connectivity index (χ3n) is 13.2. The Morgan fingerprint density at radius 2 is 1.16 bits per heavy atom. The van der Waals surface area contributed by atoms with Gasteiger partial charge in [-0.2, -0.15) is 0 Å². The van der Waals surface area contributed by atoms with E-state index in [1.54, 1.807) is 0 Å². The Kier molecular flexibility index (Phi) is 30.5. The molecule has 0 aliphatic carbocycles. The van der Waals surface area contributed by atoms with Crippen molar-refractivity contribution in [3.63, 3.8) is 0 Å². The molecule has 16 atom stereocenters. The van der Waals surface area contributed by atoms with Crippen molar-refractivity contribution in [2.24, 2.45) is 5.92 Å². The number of ether oxygens (including phenoxy) is 8. The fraction of sp³-hybridized carbons (Fsp3) is 0.940. The lowest BCUT2D eigenvalue weighted by Crippen LogP contribution is -2.64. The monoisotopic (exact) mass is 1010 g/mol. The molecule has 410 valence electrons. The van der Waals surface area contributed by atoms with Gasteiger partial charge in [0, 0.05) is 19.8 Å². The van der Waals surface area contributed by atoms with Gasteiger partial charge < -0.3 is 83.9 Å². The average molecular weight is 1010 g/mol. The minimum Gasteiger partial charge on any atom is -0.479 e. The highest BCUT2D eigenvalue weighted by Gasteiger charge is 2.52. The minimum atomic E-state index is -1.86. The maximum atomic E-state index is 12.1. The molecule has 0 bridgehead atoms. The van der Waals surface area contributed by atoms with Crippen LogP contribution in [-0.2, 0) is 52.3 Å². The number of hydrogen-bond acceptors (Lipinski definition) is 19. The first-order valence-corrected chi connectivity index (χ1v) is 26.3. The first-order valence-electron chi connectivity index (χ1n) is 26.3. The number of aliphatic hydroxyl groups excluding tert-OH is 8. The predicted molar refractivity (Wildman–Crippen MR) is 252 cm³/mol. The Labute approximate surface area is 414 Å². The van der Waals surface area contributed by atoms with E-state index < -0.39 is 110 Å². The maximum absolute atomic E-state index is 12.1. The van der Waals surface area contributed by atoms with E-state index in [0.29, 0.717) is 38.5 Å². The molecule has 3 rings (SSSR count). The molecule has 70 heavy (non-hydrogen) atoms. The van der Waals surface area contributed by atoms with Crippen molar-refractivity contribution in [3.05, 3.63) is 0 Å². The molecule has 3 aliphatic rings. The summed E-state index contributed by atoms with van der Waals surface area (Å²) in [7, 11) is 0. The molecule has 9 N–H and O–H groups in total. The van der Waals surface area contributed by atoms with E-state index in [4.69, 9.17) is 43.0 Å². The summed E-state index contributed by atoms with van der Waals surface area (Å²) in [6, 6.07) is 0. The highest BCUT2D eigenvalue weighted by atomic mass is 16.8. The Morgan fingerprint density at radius 3 is 1.77 bits per heavy atom. The lowest BCUT2D eigenvalue weighted by Gasteiger charge is -2.47.